The number of unbranched alkanes of at least 4 members (excludes halogenated alkanes) is 2. The lowest BCUT2D eigenvalue weighted by Crippen LogP contribution is -2.39. The second kappa shape index (κ2) is 8.09. The lowest BCUT2D eigenvalue weighted by Gasteiger charge is -2.32. The average Bonchev–Trinajstić information content (AvgIpc) is 2.22. The van der Waals surface area contributed by atoms with E-state index < -0.39 is 17.7 Å². The molecule has 4 heteroatoms. The van der Waals surface area contributed by atoms with Crippen molar-refractivity contribution in [3.05, 3.63) is 0 Å². The van der Waals surface area contributed by atoms with Gasteiger partial charge in [0.1, 0.15) is 0 Å². The highest BCUT2D eigenvalue weighted by atomic mass is 16.7. The van der Waals surface area contributed by atoms with Gasteiger partial charge in [-0.1, -0.05) is 26.7 Å². The van der Waals surface area contributed by atoms with Crippen LogP contribution in [0.4, 0.5) is 0 Å². The molecule has 0 radical (unpaired) electrons. The molecule has 0 bridgehead atoms. The fraction of sp³-hybridized carbons (Fsp3) is 0.846. The Morgan fingerprint density at radius 1 is 0.882 bits per heavy atom. The number of hydrogen-bond donors (Lipinski definition) is 0. The van der Waals surface area contributed by atoms with E-state index in [1.807, 2.05) is 13.8 Å². The van der Waals surface area contributed by atoms with Crippen molar-refractivity contribution in [2.75, 3.05) is 0 Å². The van der Waals surface area contributed by atoms with Gasteiger partial charge >= 0.3 is 11.9 Å². The Labute approximate surface area is 104 Å². The Hall–Kier alpha value is -1.06. The molecule has 100 valence electrons. The van der Waals surface area contributed by atoms with E-state index in [4.69, 9.17) is 9.47 Å². The minimum atomic E-state index is -1.05. The molecular weight excluding hydrogens is 220 g/mol. The molecule has 0 aliphatic heterocycles. The van der Waals surface area contributed by atoms with Crippen LogP contribution in [0, 0.1) is 0 Å². The van der Waals surface area contributed by atoms with Crippen molar-refractivity contribution < 1.29 is 19.1 Å². The molecule has 0 heterocycles. The maximum atomic E-state index is 11.2. The van der Waals surface area contributed by atoms with Crippen molar-refractivity contribution in [2.24, 2.45) is 0 Å². The molecule has 0 aromatic carbocycles. The highest BCUT2D eigenvalue weighted by Crippen LogP contribution is 2.28. The van der Waals surface area contributed by atoms with E-state index in [1.54, 1.807) is 0 Å². The maximum Gasteiger partial charge on any atom is 0.305 e. The molecule has 0 aromatic rings. The predicted octanol–water partition coefficient (Wildman–Crippen LogP) is 3.19. The summed E-state index contributed by atoms with van der Waals surface area (Å²) in [5, 5.41) is 0. The highest BCUT2D eigenvalue weighted by Gasteiger charge is 2.35. The Bertz CT molecular complexity index is 222. The van der Waals surface area contributed by atoms with Gasteiger partial charge in [0.2, 0.25) is 0 Å². The molecule has 0 spiro atoms. The van der Waals surface area contributed by atoms with E-state index in [-0.39, 0.29) is 0 Å². The molecule has 0 saturated carbocycles. The SMILES string of the molecule is CCCCC(CCCC)(OC(C)=O)OC(C)=O. The fourth-order valence-corrected chi connectivity index (χ4v) is 1.77. The van der Waals surface area contributed by atoms with E-state index >= 15 is 0 Å². The van der Waals surface area contributed by atoms with Crippen LogP contribution in [0.3, 0.4) is 0 Å². The Morgan fingerprint density at radius 2 is 1.24 bits per heavy atom. The van der Waals surface area contributed by atoms with E-state index in [2.05, 4.69) is 0 Å². The largest absolute Gasteiger partial charge is 0.423 e. The third kappa shape index (κ3) is 6.97. The summed E-state index contributed by atoms with van der Waals surface area (Å²) in [5.74, 6) is -1.86. The molecule has 0 saturated heterocycles. The maximum absolute atomic E-state index is 11.2. The second-order valence-electron chi connectivity index (χ2n) is 4.31. The summed E-state index contributed by atoms with van der Waals surface area (Å²) in [6.45, 7) is 6.78. The molecule has 0 atom stereocenters. The number of carbonyl (C=O) groups excluding carboxylic acids is 2. The van der Waals surface area contributed by atoms with Gasteiger partial charge in [0, 0.05) is 26.7 Å². The summed E-state index contributed by atoms with van der Waals surface area (Å²) < 4.78 is 10.5. The Morgan fingerprint density at radius 3 is 1.47 bits per heavy atom. The number of hydrogen-bond acceptors (Lipinski definition) is 4. The standard InChI is InChI=1S/C13H24O4/c1-5-7-9-13(10-8-6-2,16-11(3)14)17-12(4)15/h5-10H2,1-4H3. The van der Waals surface area contributed by atoms with Gasteiger partial charge in [-0.2, -0.15) is 0 Å². The predicted molar refractivity (Wildman–Crippen MR) is 65.3 cm³/mol. The van der Waals surface area contributed by atoms with Crippen LogP contribution >= 0.6 is 0 Å². The molecular formula is C13H24O4. The number of rotatable bonds is 8. The molecule has 0 aromatic heterocycles. The normalized spacial score (nSPS) is 11.1. The van der Waals surface area contributed by atoms with Crippen molar-refractivity contribution in [1.82, 2.24) is 0 Å². The molecule has 0 amide bonds. The summed E-state index contributed by atoms with van der Waals surface area (Å²) in [6.07, 6.45) is 4.81. The van der Waals surface area contributed by atoms with Crippen molar-refractivity contribution in [3.63, 3.8) is 0 Å². The monoisotopic (exact) mass is 244 g/mol. The number of ether oxygens (including phenoxy) is 2. The molecule has 0 N–H and O–H groups in total. The van der Waals surface area contributed by atoms with E-state index in [1.165, 1.54) is 13.8 Å². The molecule has 0 rings (SSSR count). The van der Waals surface area contributed by atoms with Crippen LogP contribution < -0.4 is 0 Å². The Balaban J connectivity index is 4.75. The summed E-state index contributed by atoms with van der Waals surface area (Å²) in [6, 6.07) is 0. The topological polar surface area (TPSA) is 52.6 Å². The lowest BCUT2D eigenvalue weighted by molar-refractivity contribution is -0.232. The number of carbonyl (C=O) groups is 2. The van der Waals surface area contributed by atoms with Gasteiger partial charge < -0.3 is 9.47 Å². The molecule has 0 fully saturated rings. The van der Waals surface area contributed by atoms with Gasteiger partial charge in [-0.25, -0.2) is 0 Å². The molecule has 0 aliphatic carbocycles. The van der Waals surface area contributed by atoms with Crippen LogP contribution in [-0.4, -0.2) is 17.7 Å². The van der Waals surface area contributed by atoms with Crippen molar-refractivity contribution >= 4 is 11.9 Å². The number of esters is 2. The van der Waals surface area contributed by atoms with Gasteiger partial charge in [-0.3, -0.25) is 9.59 Å². The molecule has 0 unspecified atom stereocenters. The van der Waals surface area contributed by atoms with Crippen molar-refractivity contribution in [1.29, 1.82) is 0 Å². The van der Waals surface area contributed by atoms with Gasteiger partial charge in [0.15, 0.2) is 0 Å². The minimum Gasteiger partial charge on any atom is -0.423 e. The summed E-state index contributed by atoms with van der Waals surface area (Å²) in [4.78, 5) is 22.3. The van der Waals surface area contributed by atoms with Crippen LogP contribution in [-0.2, 0) is 19.1 Å². The van der Waals surface area contributed by atoms with Gasteiger partial charge in [-0.05, 0) is 12.8 Å². The van der Waals surface area contributed by atoms with Crippen molar-refractivity contribution in [2.45, 2.75) is 72.0 Å². The quantitative estimate of drug-likeness (QED) is 0.486. The third-order valence-corrected chi connectivity index (χ3v) is 2.48. The first kappa shape index (κ1) is 15.9. The van der Waals surface area contributed by atoms with E-state index in [9.17, 15) is 9.59 Å². The van der Waals surface area contributed by atoms with Crippen LogP contribution in [0.2, 0.25) is 0 Å². The van der Waals surface area contributed by atoms with E-state index in [0.717, 1.165) is 25.7 Å². The zero-order chi connectivity index (χ0) is 13.3. The third-order valence-electron chi connectivity index (χ3n) is 2.48. The minimum absolute atomic E-state index is 0.404. The first-order valence-electron chi connectivity index (χ1n) is 6.35. The van der Waals surface area contributed by atoms with Crippen LogP contribution in [0.15, 0.2) is 0 Å². The molecule has 0 aliphatic rings. The van der Waals surface area contributed by atoms with Gasteiger partial charge in [-0.15, -0.1) is 0 Å². The van der Waals surface area contributed by atoms with Crippen LogP contribution in [0.5, 0.6) is 0 Å². The lowest BCUT2D eigenvalue weighted by atomic mass is 10.0. The summed E-state index contributed by atoms with van der Waals surface area (Å²) in [7, 11) is 0. The first-order valence-corrected chi connectivity index (χ1v) is 6.35. The highest BCUT2D eigenvalue weighted by molar-refractivity contribution is 5.68. The van der Waals surface area contributed by atoms with Gasteiger partial charge in [0.25, 0.3) is 5.79 Å². The van der Waals surface area contributed by atoms with Crippen LogP contribution in [0.1, 0.15) is 66.2 Å². The first-order chi connectivity index (χ1) is 7.95. The average molecular weight is 244 g/mol. The zero-order valence-electron chi connectivity index (χ0n) is 11.4. The van der Waals surface area contributed by atoms with E-state index in [0.29, 0.717) is 12.8 Å². The molecule has 17 heavy (non-hydrogen) atoms. The fourth-order valence-electron chi connectivity index (χ4n) is 1.77. The van der Waals surface area contributed by atoms with Crippen molar-refractivity contribution in [3.8, 4) is 0 Å². The summed E-state index contributed by atoms with van der Waals surface area (Å²) >= 11 is 0. The zero-order valence-corrected chi connectivity index (χ0v) is 11.4. The summed E-state index contributed by atoms with van der Waals surface area (Å²) in [5.41, 5.74) is 0. The second-order valence-corrected chi connectivity index (χ2v) is 4.31. The Kier molecular flexibility index (Phi) is 7.59. The molecule has 4 nitrogen and oxygen atoms in total. The van der Waals surface area contributed by atoms with Crippen LogP contribution in [0.25, 0.3) is 0 Å². The van der Waals surface area contributed by atoms with Gasteiger partial charge in [0.05, 0.1) is 0 Å². The smallest absolute Gasteiger partial charge is 0.305 e.